The summed E-state index contributed by atoms with van der Waals surface area (Å²) < 4.78 is 1.44. The number of imidazole rings is 1. The van der Waals surface area contributed by atoms with E-state index in [2.05, 4.69) is 24.1 Å². The molecule has 72 valence electrons. The number of nitrogens with one attached hydrogen (secondary N) is 1. The molecule has 0 bridgehead atoms. The summed E-state index contributed by atoms with van der Waals surface area (Å²) in [5.74, 6) is 0. The fraction of sp³-hybridized carbons (Fsp3) is 0.556. The highest BCUT2D eigenvalue weighted by Gasteiger charge is 2.08. The van der Waals surface area contributed by atoms with Gasteiger partial charge in [0.25, 0.3) is 0 Å². The first-order valence-electron chi connectivity index (χ1n) is 4.56. The quantitative estimate of drug-likeness (QED) is 0.770. The van der Waals surface area contributed by atoms with Gasteiger partial charge >= 0.3 is 6.03 Å². The molecule has 0 spiro atoms. The third-order valence-corrected chi connectivity index (χ3v) is 2.05. The van der Waals surface area contributed by atoms with E-state index in [-0.39, 0.29) is 12.1 Å². The van der Waals surface area contributed by atoms with E-state index in [1.165, 1.54) is 10.9 Å². The smallest absolute Gasteiger partial charge is 0.327 e. The van der Waals surface area contributed by atoms with Crippen LogP contribution in [0.4, 0.5) is 4.79 Å². The fourth-order valence-electron chi connectivity index (χ4n) is 1.12. The third-order valence-electron chi connectivity index (χ3n) is 2.05. The highest BCUT2D eigenvalue weighted by molar-refractivity contribution is 5.76. The molecule has 0 radical (unpaired) electrons. The molecule has 0 atom stereocenters. The molecule has 1 amide bonds. The summed E-state index contributed by atoms with van der Waals surface area (Å²) in [5.41, 5.74) is 0. The van der Waals surface area contributed by atoms with E-state index in [0.29, 0.717) is 0 Å². The highest BCUT2D eigenvalue weighted by atomic mass is 16.2. The van der Waals surface area contributed by atoms with Crippen molar-refractivity contribution in [1.29, 1.82) is 0 Å². The average Bonchev–Trinajstić information content (AvgIpc) is 2.66. The minimum absolute atomic E-state index is 0.105. The van der Waals surface area contributed by atoms with Gasteiger partial charge in [0, 0.05) is 18.4 Å². The van der Waals surface area contributed by atoms with Gasteiger partial charge < -0.3 is 5.32 Å². The molecule has 1 aromatic rings. The Hall–Kier alpha value is -1.32. The second-order valence-electron chi connectivity index (χ2n) is 2.93. The number of rotatable bonds is 3. The first-order chi connectivity index (χ1) is 6.27. The van der Waals surface area contributed by atoms with Crippen LogP contribution in [0.2, 0.25) is 0 Å². The summed E-state index contributed by atoms with van der Waals surface area (Å²) in [6, 6.07) is 0.154. The molecule has 0 saturated carbocycles. The van der Waals surface area contributed by atoms with Crippen LogP contribution < -0.4 is 5.32 Å². The lowest BCUT2D eigenvalue weighted by Gasteiger charge is -2.14. The van der Waals surface area contributed by atoms with Gasteiger partial charge in [-0.05, 0) is 12.8 Å². The van der Waals surface area contributed by atoms with Crippen molar-refractivity contribution in [1.82, 2.24) is 14.9 Å². The van der Waals surface area contributed by atoms with Gasteiger partial charge in [0.15, 0.2) is 0 Å². The predicted molar refractivity (Wildman–Crippen MR) is 50.5 cm³/mol. The van der Waals surface area contributed by atoms with Crippen molar-refractivity contribution >= 4 is 6.03 Å². The normalized spacial score (nSPS) is 10.4. The second kappa shape index (κ2) is 4.64. The van der Waals surface area contributed by atoms with Gasteiger partial charge in [0.1, 0.15) is 6.33 Å². The number of hydrogen-bond acceptors (Lipinski definition) is 2. The number of hydrogen-bond donors (Lipinski definition) is 1. The Kier molecular flexibility index (Phi) is 3.49. The second-order valence-corrected chi connectivity index (χ2v) is 2.93. The SMILES string of the molecule is CCC(CC)NC(=O)n1ccnc1. The van der Waals surface area contributed by atoms with E-state index < -0.39 is 0 Å². The molecule has 13 heavy (non-hydrogen) atoms. The lowest BCUT2D eigenvalue weighted by molar-refractivity contribution is 0.237. The van der Waals surface area contributed by atoms with Gasteiger partial charge in [-0.1, -0.05) is 13.8 Å². The minimum Gasteiger partial charge on any atom is -0.335 e. The molecule has 4 nitrogen and oxygen atoms in total. The van der Waals surface area contributed by atoms with Gasteiger partial charge in [-0.2, -0.15) is 0 Å². The average molecular weight is 181 g/mol. The molecular weight excluding hydrogens is 166 g/mol. The largest absolute Gasteiger partial charge is 0.335 e. The number of amides is 1. The molecule has 1 rings (SSSR count). The Morgan fingerprint density at radius 1 is 1.54 bits per heavy atom. The Bertz CT molecular complexity index is 252. The summed E-state index contributed by atoms with van der Waals surface area (Å²) in [6.07, 6.45) is 6.63. The molecule has 0 aliphatic rings. The van der Waals surface area contributed by atoms with E-state index >= 15 is 0 Å². The molecule has 0 saturated heterocycles. The van der Waals surface area contributed by atoms with Crippen LogP contribution in [-0.2, 0) is 0 Å². The zero-order valence-corrected chi connectivity index (χ0v) is 8.03. The predicted octanol–water partition coefficient (Wildman–Crippen LogP) is 1.63. The molecule has 1 N–H and O–H groups in total. The molecule has 1 heterocycles. The summed E-state index contributed by atoms with van der Waals surface area (Å²) in [4.78, 5) is 15.3. The number of nitrogens with zero attached hydrogens (tertiary/aromatic N) is 2. The molecular formula is C9H15N3O. The maximum Gasteiger partial charge on any atom is 0.327 e. The molecule has 4 heteroatoms. The van der Waals surface area contributed by atoms with Crippen LogP contribution in [0.3, 0.4) is 0 Å². The van der Waals surface area contributed by atoms with Crippen LogP contribution in [0.1, 0.15) is 26.7 Å². The van der Waals surface area contributed by atoms with Crippen LogP contribution in [0.25, 0.3) is 0 Å². The number of aromatic nitrogens is 2. The zero-order valence-electron chi connectivity index (χ0n) is 8.03. The van der Waals surface area contributed by atoms with Crippen LogP contribution in [0, 0.1) is 0 Å². The van der Waals surface area contributed by atoms with Crippen LogP contribution in [-0.4, -0.2) is 21.6 Å². The maximum atomic E-state index is 11.4. The van der Waals surface area contributed by atoms with Gasteiger partial charge in [-0.15, -0.1) is 0 Å². The standard InChI is InChI=1S/C9H15N3O/c1-3-8(4-2)11-9(13)12-6-5-10-7-12/h5-8H,3-4H2,1-2H3,(H,11,13). The summed E-state index contributed by atoms with van der Waals surface area (Å²) in [6.45, 7) is 4.12. The number of carbonyl (C=O) groups excluding carboxylic acids is 1. The van der Waals surface area contributed by atoms with Crippen molar-refractivity contribution in [2.45, 2.75) is 32.7 Å². The first-order valence-corrected chi connectivity index (χ1v) is 4.56. The van der Waals surface area contributed by atoms with Crippen molar-refractivity contribution in [3.63, 3.8) is 0 Å². The van der Waals surface area contributed by atoms with Crippen molar-refractivity contribution in [2.24, 2.45) is 0 Å². The fourth-order valence-corrected chi connectivity index (χ4v) is 1.12. The van der Waals surface area contributed by atoms with Crippen molar-refractivity contribution in [2.75, 3.05) is 0 Å². The Morgan fingerprint density at radius 2 is 2.23 bits per heavy atom. The Balaban J connectivity index is 2.50. The molecule has 0 aliphatic heterocycles. The van der Waals surface area contributed by atoms with Gasteiger partial charge in [-0.3, -0.25) is 4.57 Å². The van der Waals surface area contributed by atoms with E-state index in [0.717, 1.165) is 12.8 Å². The van der Waals surface area contributed by atoms with Gasteiger partial charge in [-0.25, -0.2) is 9.78 Å². The van der Waals surface area contributed by atoms with Gasteiger partial charge in [0.05, 0.1) is 0 Å². The van der Waals surface area contributed by atoms with Crippen molar-refractivity contribution < 1.29 is 4.79 Å². The van der Waals surface area contributed by atoms with Crippen molar-refractivity contribution in [3.8, 4) is 0 Å². The van der Waals surface area contributed by atoms with E-state index in [1.807, 2.05) is 0 Å². The first kappa shape index (κ1) is 9.77. The molecule has 1 aromatic heterocycles. The summed E-state index contributed by atoms with van der Waals surface area (Å²) >= 11 is 0. The maximum absolute atomic E-state index is 11.4. The van der Waals surface area contributed by atoms with Crippen LogP contribution in [0.5, 0.6) is 0 Å². The molecule has 0 aromatic carbocycles. The van der Waals surface area contributed by atoms with Crippen LogP contribution in [0.15, 0.2) is 18.7 Å². The van der Waals surface area contributed by atoms with Crippen molar-refractivity contribution in [3.05, 3.63) is 18.7 Å². The molecule has 0 aliphatic carbocycles. The summed E-state index contributed by atoms with van der Waals surface area (Å²) in [5, 5.41) is 2.90. The number of carbonyl (C=O) groups is 1. The summed E-state index contributed by atoms with van der Waals surface area (Å²) in [7, 11) is 0. The molecule has 0 fully saturated rings. The monoisotopic (exact) mass is 181 g/mol. The lowest BCUT2D eigenvalue weighted by atomic mass is 10.2. The third kappa shape index (κ3) is 2.57. The Morgan fingerprint density at radius 3 is 2.69 bits per heavy atom. The van der Waals surface area contributed by atoms with Gasteiger partial charge in [0.2, 0.25) is 0 Å². The van der Waals surface area contributed by atoms with Crippen LogP contribution >= 0.6 is 0 Å². The van der Waals surface area contributed by atoms with E-state index in [4.69, 9.17) is 0 Å². The lowest BCUT2D eigenvalue weighted by Crippen LogP contribution is -2.36. The minimum atomic E-state index is -0.105. The van der Waals surface area contributed by atoms with E-state index in [9.17, 15) is 4.79 Å². The molecule has 0 unspecified atom stereocenters. The van der Waals surface area contributed by atoms with E-state index in [1.54, 1.807) is 12.4 Å². The topological polar surface area (TPSA) is 46.9 Å². The highest BCUT2D eigenvalue weighted by Crippen LogP contribution is 1.96. The zero-order chi connectivity index (χ0) is 9.68. The Labute approximate surface area is 78.0 Å².